The Labute approximate surface area is 73.8 Å². The quantitative estimate of drug-likeness (QED) is 0.430. The van der Waals surface area contributed by atoms with E-state index in [4.69, 9.17) is 0 Å². The van der Waals surface area contributed by atoms with Crippen LogP contribution in [0.15, 0.2) is 11.6 Å². The molecule has 2 fully saturated rings. The Balaban J connectivity index is 2.38. The minimum absolute atomic E-state index is 0.276. The monoisotopic (exact) mass is 164 g/mol. The minimum atomic E-state index is 0.276. The Bertz CT molecular complexity index is 255. The molecule has 66 valence electrons. The highest BCUT2D eigenvalue weighted by Gasteiger charge is 2.62. The van der Waals surface area contributed by atoms with Gasteiger partial charge in [0.05, 0.1) is 0 Å². The van der Waals surface area contributed by atoms with E-state index >= 15 is 0 Å². The van der Waals surface area contributed by atoms with Crippen molar-refractivity contribution in [1.29, 1.82) is 0 Å². The summed E-state index contributed by atoms with van der Waals surface area (Å²) >= 11 is 0. The first-order valence-electron chi connectivity index (χ1n) is 4.67. The van der Waals surface area contributed by atoms with Crippen LogP contribution in [0.1, 0.15) is 33.6 Å². The maximum absolute atomic E-state index is 10.5. The van der Waals surface area contributed by atoms with Gasteiger partial charge in [0.25, 0.3) is 0 Å². The average molecular weight is 164 g/mol. The second kappa shape index (κ2) is 2.01. The van der Waals surface area contributed by atoms with E-state index < -0.39 is 0 Å². The number of carbonyl (C=O) groups excluding carboxylic acids is 1. The topological polar surface area (TPSA) is 17.1 Å². The molecule has 0 spiro atoms. The molecule has 2 rings (SSSR count). The fourth-order valence-electron chi connectivity index (χ4n) is 3.06. The van der Waals surface area contributed by atoms with E-state index in [0.29, 0.717) is 5.41 Å². The molecule has 0 heterocycles. The summed E-state index contributed by atoms with van der Waals surface area (Å²) < 4.78 is 0. The van der Waals surface area contributed by atoms with Crippen LogP contribution in [0.2, 0.25) is 0 Å². The van der Waals surface area contributed by atoms with Gasteiger partial charge in [-0.25, -0.2) is 0 Å². The number of rotatable bonds is 1. The smallest absolute Gasteiger partial charge is 0.142 e. The molecular weight excluding hydrogens is 148 g/mol. The summed E-state index contributed by atoms with van der Waals surface area (Å²) in [7, 11) is 0. The van der Waals surface area contributed by atoms with Gasteiger partial charge in [-0.15, -0.1) is 0 Å². The molecule has 0 aromatic rings. The molecule has 2 aliphatic carbocycles. The first-order chi connectivity index (χ1) is 5.50. The van der Waals surface area contributed by atoms with Crippen LogP contribution in [0, 0.1) is 16.7 Å². The number of aldehydes is 1. The van der Waals surface area contributed by atoms with Gasteiger partial charge in [0.2, 0.25) is 0 Å². The molecular formula is C11H16O. The Hall–Kier alpha value is -0.590. The van der Waals surface area contributed by atoms with Gasteiger partial charge in [0.15, 0.2) is 0 Å². The predicted molar refractivity (Wildman–Crippen MR) is 48.8 cm³/mol. The van der Waals surface area contributed by atoms with Crippen molar-refractivity contribution in [3.05, 3.63) is 11.6 Å². The van der Waals surface area contributed by atoms with Gasteiger partial charge in [-0.05, 0) is 35.7 Å². The highest BCUT2D eigenvalue weighted by Crippen LogP contribution is 2.71. The van der Waals surface area contributed by atoms with Gasteiger partial charge in [0, 0.05) is 0 Å². The third kappa shape index (κ3) is 0.825. The van der Waals surface area contributed by atoms with Crippen molar-refractivity contribution in [3.8, 4) is 0 Å². The molecule has 0 bridgehead atoms. The fraction of sp³-hybridized carbons (Fsp3) is 0.727. The lowest BCUT2D eigenvalue weighted by atomic mass is 9.80. The standard InChI is InChI=1S/C11H16O/c1-10(2)6-8-7-11(8,3)9(10)4-5-12/h4-5,8H,6-7H2,1-3H3/b9-4-. The Morgan fingerprint density at radius 3 is 2.42 bits per heavy atom. The zero-order valence-electron chi connectivity index (χ0n) is 8.05. The second-order valence-corrected chi connectivity index (χ2v) is 5.12. The molecule has 0 aliphatic heterocycles. The van der Waals surface area contributed by atoms with E-state index in [0.717, 1.165) is 12.2 Å². The second-order valence-electron chi connectivity index (χ2n) is 5.12. The molecule has 0 N–H and O–H groups in total. The molecule has 1 nitrogen and oxygen atoms in total. The third-order valence-corrected chi connectivity index (χ3v) is 3.75. The van der Waals surface area contributed by atoms with Gasteiger partial charge in [-0.1, -0.05) is 26.3 Å². The van der Waals surface area contributed by atoms with Crippen LogP contribution in [0.25, 0.3) is 0 Å². The van der Waals surface area contributed by atoms with Crippen molar-refractivity contribution in [2.45, 2.75) is 33.6 Å². The maximum Gasteiger partial charge on any atom is 0.142 e. The summed E-state index contributed by atoms with van der Waals surface area (Å²) in [5.41, 5.74) is 2.05. The van der Waals surface area contributed by atoms with E-state index in [1.54, 1.807) is 6.08 Å². The molecule has 1 heteroatoms. The van der Waals surface area contributed by atoms with Crippen molar-refractivity contribution in [1.82, 2.24) is 0 Å². The third-order valence-electron chi connectivity index (χ3n) is 3.75. The van der Waals surface area contributed by atoms with Crippen molar-refractivity contribution in [2.24, 2.45) is 16.7 Å². The van der Waals surface area contributed by atoms with E-state index in [9.17, 15) is 4.79 Å². The molecule has 0 aromatic heterocycles. The van der Waals surface area contributed by atoms with Gasteiger partial charge in [-0.3, -0.25) is 4.79 Å². The highest BCUT2D eigenvalue weighted by molar-refractivity contribution is 5.68. The Kier molecular flexibility index (Phi) is 1.35. The zero-order chi connectivity index (χ0) is 8.98. The zero-order valence-corrected chi connectivity index (χ0v) is 8.05. The first-order valence-corrected chi connectivity index (χ1v) is 4.67. The molecule has 0 radical (unpaired) electrons. The van der Waals surface area contributed by atoms with Crippen LogP contribution in [-0.2, 0) is 4.79 Å². The summed E-state index contributed by atoms with van der Waals surface area (Å²) in [4.78, 5) is 10.5. The van der Waals surface area contributed by atoms with Gasteiger partial charge in [0.1, 0.15) is 6.29 Å². The number of carbonyl (C=O) groups is 1. The van der Waals surface area contributed by atoms with Gasteiger partial charge < -0.3 is 0 Å². The lowest BCUT2D eigenvalue weighted by Crippen LogP contribution is -2.14. The predicted octanol–water partition coefficient (Wildman–Crippen LogP) is 2.57. The molecule has 12 heavy (non-hydrogen) atoms. The largest absolute Gasteiger partial charge is 0.299 e. The Morgan fingerprint density at radius 2 is 2.00 bits per heavy atom. The van der Waals surface area contributed by atoms with Gasteiger partial charge in [-0.2, -0.15) is 0 Å². The van der Waals surface area contributed by atoms with E-state index in [1.165, 1.54) is 18.4 Å². The van der Waals surface area contributed by atoms with Crippen LogP contribution in [0.3, 0.4) is 0 Å². The number of hydrogen-bond donors (Lipinski definition) is 0. The number of fused-ring (bicyclic) bond motifs is 1. The lowest BCUT2D eigenvalue weighted by Gasteiger charge is -2.25. The first kappa shape index (κ1) is 8.03. The van der Waals surface area contributed by atoms with Crippen molar-refractivity contribution in [2.75, 3.05) is 0 Å². The normalized spacial score (nSPS) is 45.9. The average Bonchev–Trinajstić information content (AvgIpc) is 2.50. The number of hydrogen-bond acceptors (Lipinski definition) is 1. The molecule has 2 atom stereocenters. The molecule has 2 saturated carbocycles. The fourth-order valence-corrected chi connectivity index (χ4v) is 3.06. The summed E-state index contributed by atoms with van der Waals surface area (Å²) in [5, 5.41) is 0. The highest BCUT2D eigenvalue weighted by atomic mass is 16.1. The van der Waals surface area contributed by atoms with E-state index in [-0.39, 0.29) is 5.41 Å². The van der Waals surface area contributed by atoms with Crippen LogP contribution in [0.5, 0.6) is 0 Å². The van der Waals surface area contributed by atoms with Crippen LogP contribution in [-0.4, -0.2) is 6.29 Å². The van der Waals surface area contributed by atoms with Crippen LogP contribution in [0.4, 0.5) is 0 Å². The molecule has 2 unspecified atom stereocenters. The van der Waals surface area contributed by atoms with Crippen molar-refractivity contribution < 1.29 is 4.79 Å². The SMILES string of the molecule is CC1(C)CC2CC2(C)/C1=C\C=O. The Morgan fingerprint density at radius 1 is 1.33 bits per heavy atom. The molecule has 0 amide bonds. The minimum Gasteiger partial charge on any atom is -0.299 e. The summed E-state index contributed by atoms with van der Waals surface area (Å²) in [5.74, 6) is 0.860. The summed E-state index contributed by atoms with van der Waals surface area (Å²) in [6.45, 7) is 6.79. The van der Waals surface area contributed by atoms with Crippen LogP contribution < -0.4 is 0 Å². The van der Waals surface area contributed by atoms with E-state index in [1.807, 2.05) is 0 Å². The van der Waals surface area contributed by atoms with Crippen molar-refractivity contribution >= 4 is 6.29 Å². The summed E-state index contributed by atoms with van der Waals surface area (Å²) in [6.07, 6.45) is 5.31. The summed E-state index contributed by atoms with van der Waals surface area (Å²) in [6, 6.07) is 0. The molecule has 0 saturated heterocycles. The maximum atomic E-state index is 10.5. The number of allylic oxidation sites excluding steroid dienone is 2. The van der Waals surface area contributed by atoms with Crippen molar-refractivity contribution in [3.63, 3.8) is 0 Å². The van der Waals surface area contributed by atoms with E-state index in [2.05, 4.69) is 20.8 Å². The van der Waals surface area contributed by atoms with Crippen LogP contribution >= 0.6 is 0 Å². The lowest BCUT2D eigenvalue weighted by molar-refractivity contribution is -0.104. The molecule has 0 aromatic carbocycles. The van der Waals surface area contributed by atoms with Gasteiger partial charge >= 0.3 is 0 Å². The molecule has 2 aliphatic rings.